The van der Waals surface area contributed by atoms with Crippen LogP contribution in [0.5, 0.6) is 0 Å². The number of anilines is 2. The summed E-state index contributed by atoms with van der Waals surface area (Å²) in [7, 11) is 0. The second-order valence-corrected chi connectivity index (χ2v) is 8.91. The number of carbonyl (C=O) groups is 2. The fourth-order valence-corrected chi connectivity index (χ4v) is 4.60. The molecule has 30 heavy (non-hydrogen) atoms. The number of rotatable bonds is 5. The van der Waals surface area contributed by atoms with E-state index in [-0.39, 0.29) is 11.8 Å². The minimum Gasteiger partial charge on any atom is -0.312 e. The largest absolute Gasteiger partial charge is 0.312 e. The SMILES string of the molecule is CCCC(=O)N1CCc2cc(-c3nc(NC(=O)c4ccc(Cl)cc4)sc3C)ccc21. The van der Waals surface area contributed by atoms with Crippen molar-refractivity contribution >= 4 is 45.6 Å². The summed E-state index contributed by atoms with van der Waals surface area (Å²) in [6, 6.07) is 12.9. The Labute approximate surface area is 184 Å². The van der Waals surface area contributed by atoms with Crippen LogP contribution >= 0.6 is 22.9 Å². The van der Waals surface area contributed by atoms with E-state index in [1.54, 1.807) is 24.3 Å². The predicted molar refractivity (Wildman–Crippen MR) is 123 cm³/mol. The smallest absolute Gasteiger partial charge is 0.257 e. The summed E-state index contributed by atoms with van der Waals surface area (Å²) in [6.07, 6.45) is 2.27. The fraction of sp³-hybridized carbons (Fsp3) is 0.261. The van der Waals surface area contributed by atoms with Gasteiger partial charge in [0.15, 0.2) is 5.13 Å². The maximum atomic E-state index is 12.5. The van der Waals surface area contributed by atoms with Crippen LogP contribution in [0.4, 0.5) is 10.8 Å². The first kappa shape index (κ1) is 20.6. The molecule has 0 radical (unpaired) electrons. The maximum absolute atomic E-state index is 12.5. The number of fused-ring (bicyclic) bond motifs is 1. The first-order valence-electron chi connectivity index (χ1n) is 9.94. The van der Waals surface area contributed by atoms with Crippen molar-refractivity contribution in [2.45, 2.75) is 33.1 Å². The number of thiazole rings is 1. The Balaban J connectivity index is 1.54. The maximum Gasteiger partial charge on any atom is 0.257 e. The monoisotopic (exact) mass is 439 g/mol. The summed E-state index contributed by atoms with van der Waals surface area (Å²) in [5.41, 5.74) is 4.55. The zero-order valence-corrected chi connectivity index (χ0v) is 18.4. The van der Waals surface area contributed by atoms with Crippen molar-refractivity contribution in [1.82, 2.24) is 4.98 Å². The van der Waals surface area contributed by atoms with Gasteiger partial charge in [0.2, 0.25) is 5.91 Å². The standard InChI is InChI=1S/C23H22ClN3O2S/c1-3-4-20(28)27-12-11-16-13-17(7-10-19(16)27)21-14(2)30-23(25-21)26-22(29)15-5-8-18(24)9-6-15/h5-10,13H,3-4,11-12H2,1-2H3,(H,25,26,29). The molecule has 5 nitrogen and oxygen atoms in total. The molecule has 7 heteroatoms. The molecule has 4 rings (SSSR count). The molecule has 1 N–H and O–H groups in total. The van der Waals surface area contributed by atoms with Gasteiger partial charge in [-0.3, -0.25) is 14.9 Å². The van der Waals surface area contributed by atoms with Gasteiger partial charge in [-0.15, -0.1) is 11.3 Å². The lowest BCUT2D eigenvalue weighted by Gasteiger charge is -2.17. The zero-order chi connectivity index (χ0) is 21.3. The van der Waals surface area contributed by atoms with Gasteiger partial charge in [0.25, 0.3) is 5.91 Å². The number of carbonyl (C=O) groups excluding carboxylic acids is 2. The molecule has 0 saturated carbocycles. The quantitative estimate of drug-likeness (QED) is 0.553. The van der Waals surface area contributed by atoms with Crippen LogP contribution < -0.4 is 10.2 Å². The lowest BCUT2D eigenvalue weighted by Crippen LogP contribution is -2.28. The van der Waals surface area contributed by atoms with Crippen molar-refractivity contribution in [3.05, 3.63) is 63.5 Å². The Morgan fingerprint density at radius 1 is 1.20 bits per heavy atom. The second-order valence-electron chi connectivity index (χ2n) is 7.27. The number of nitrogens with one attached hydrogen (secondary N) is 1. The van der Waals surface area contributed by atoms with Crippen molar-refractivity contribution in [3.63, 3.8) is 0 Å². The average molecular weight is 440 g/mol. The molecule has 0 aliphatic carbocycles. The van der Waals surface area contributed by atoms with E-state index in [0.29, 0.717) is 22.1 Å². The molecule has 1 aliphatic heterocycles. The van der Waals surface area contributed by atoms with Crippen LogP contribution in [0.25, 0.3) is 11.3 Å². The topological polar surface area (TPSA) is 62.3 Å². The third-order valence-electron chi connectivity index (χ3n) is 5.14. The Bertz CT molecular complexity index is 1110. The lowest BCUT2D eigenvalue weighted by molar-refractivity contribution is -0.118. The molecule has 0 bridgehead atoms. The van der Waals surface area contributed by atoms with Crippen LogP contribution in [0, 0.1) is 6.92 Å². The van der Waals surface area contributed by atoms with Gasteiger partial charge >= 0.3 is 0 Å². The Hall–Kier alpha value is -2.70. The molecule has 1 aromatic heterocycles. The molecule has 0 atom stereocenters. The normalized spacial score (nSPS) is 12.7. The first-order chi connectivity index (χ1) is 14.5. The molecule has 3 aromatic rings. The molecule has 0 spiro atoms. The minimum absolute atomic E-state index is 0.182. The van der Waals surface area contributed by atoms with Gasteiger partial charge in [0.1, 0.15) is 0 Å². The number of nitrogens with zero attached hydrogens (tertiary/aromatic N) is 2. The molecule has 0 unspecified atom stereocenters. The summed E-state index contributed by atoms with van der Waals surface area (Å²) in [5.74, 6) is -0.0352. The van der Waals surface area contributed by atoms with E-state index in [1.807, 2.05) is 30.9 Å². The number of amides is 2. The van der Waals surface area contributed by atoms with Crippen LogP contribution in [-0.2, 0) is 11.2 Å². The van der Waals surface area contributed by atoms with Crippen molar-refractivity contribution < 1.29 is 9.59 Å². The average Bonchev–Trinajstić information content (AvgIpc) is 3.31. The van der Waals surface area contributed by atoms with Gasteiger partial charge in [-0.05, 0) is 61.7 Å². The fourth-order valence-electron chi connectivity index (χ4n) is 3.65. The van der Waals surface area contributed by atoms with E-state index < -0.39 is 0 Å². The molecular weight excluding hydrogens is 418 g/mol. The molecule has 1 aliphatic rings. The number of benzene rings is 2. The molecule has 2 amide bonds. The Morgan fingerprint density at radius 3 is 2.70 bits per heavy atom. The van der Waals surface area contributed by atoms with Gasteiger partial charge in [-0.25, -0.2) is 4.98 Å². The molecule has 0 saturated heterocycles. The third-order valence-corrected chi connectivity index (χ3v) is 6.28. The first-order valence-corrected chi connectivity index (χ1v) is 11.1. The highest BCUT2D eigenvalue weighted by Crippen LogP contribution is 2.36. The molecule has 0 fully saturated rings. The lowest BCUT2D eigenvalue weighted by atomic mass is 10.1. The van der Waals surface area contributed by atoms with Gasteiger partial charge in [0, 0.05) is 39.7 Å². The van der Waals surface area contributed by atoms with E-state index in [0.717, 1.165) is 46.8 Å². The molecule has 2 aromatic carbocycles. The Kier molecular flexibility index (Phi) is 5.88. The summed E-state index contributed by atoms with van der Waals surface area (Å²) < 4.78 is 0. The second kappa shape index (κ2) is 8.58. The van der Waals surface area contributed by atoms with E-state index in [9.17, 15) is 9.59 Å². The van der Waals surface area contributed by atoms with E-state index in [1.165, 1.54) is 11.3 Å². The van der Waals surface area contributed by atoms with Gasteiger partial charge < -0.3 is 4.90 Å². The summed E-state index contributed by atoms with van der Waals surface area (Å²) in [5, 5.41) is 4.02. The van der Waals surface area contributed by atoms with Gasteiger partial charge in [-0.1, -0.05) is 24.6 Å². The highest BCUT2D eigenvalue weighted by atomic mass is 35.5. The number of hydrogen-bond donors (Lipinski definition) is 1. The van der Waals surface area contributed by atoms with Crippen molar-refractivity contribution in [3.8, 4) is 11.3 Å². The van der Waals surface area contributed by atoms with Crippen molar-refractivity contribution in [2.75, 3.05) is 16.8 Å². The molecule has 154 valence electrons. The molecule has 2 heterocycles. The van der Waals surface area contributed by atoms with Crippen molar-refractivity contribution in [1.29, 1.82) is 0 Å². The van der Waals surface area contributed by atoms with Gasteiger partial charge in [0.05, 0.1) is 5.69 Å². The zero-order valence-electron chi connectivity index (χ0n) is 16.9. The molecular formula is C23H22ClN3O2S. The van der Waals surface area contributed by atoms with Crippen molar-refractivity contribution in [2.24, 2.45) is 0 Å². The predicted octanol–water partition coefficient (Wildman–Crippen LogP) is 5.71. The van der Waals surface area contributed by atoms with Crippen LogP contribution in [0.3, 0.4) is 0 Å². The minimum atomic E-state index is -0.217. The van der Waals surface area contributed by atoms with E-state index >= 15 is 0 Å². The highest BCUT2D eigenvalue weighted by molar-refractivity contribution is 7.16. The number of aromatic nitrogens is 1. The number of aryl methyl sites for hydroxylation is 1. The van der Waals surface area contributed by atoms with E-state index in [4.69, 9.17) is 11.6 Å². The number of hydrogen-bond acceptors (Lipinski definition) is 4. The highest BCUT2D eigenvalue weighted by Gasteiger charge is 2.25. The van der Waals surface area contributed by atoms with Gasteiger partial charge in [-0.2, -0.15) is 0 Å². The van der Waals surface area contributed by atoms with Crippen LogP contribution in [0.1, 0.15) is 40.6 Å². The van der Waals surface area contributed by atoms with Crippen LogP contribution in [0.2, 0.25) is 5.02 Å². The van der Waals surface area contributed by atoms with E-state index in [2.05, 4.69) is 16.4 Å². The third kappa shape index (κ3) is 4.11. The van der Waals surface area contributed by atoms with Crippen LogP contribution in [-0.4, -0.2) is 23.3 Å². The Morgan fingerprint density at radius 2 is 1.97 bits per heavy atom. The summed E-state index contributed by atoms with van der Waals surface area (Å²) in [6.45, 7) is 4.75. The van der Waals surface area contributed by atoms with Crippen LogP contribution in [0.15, 0.2) is 42.5 Å². The summed E-state index contributed by atoms with van der Waals surface area (Å²) >= 11 is 7.33. The number of halogens is 1. The summed E-state index contributed by atoms with van der Waals surface area (Å²) in [4.78, 5) is 32.4.